The van der Waals surface area contributed by atoms with Crippen LogP contribution in [0.2, 0.25) is 5.02 Å². The Morgan fingerprint density at radius 1 is 1.30 bits per heavy atom. The summed E-state index contributed by atoms with van der Waals surface area (Å²) in [5.74, 6) is -0.429. The minimum Gasteiger partial charge on any atom is -0.490 e. The van der Waals surface area contributed by atoms with Crippen molar-refractivity contribution in [3.05, 3.63) is 57.1 Å². The molecule has 0 saturated carbocycles. The largest absolute Gasteiger partial charge is 0.490 e. The quantitative estimate of drug-likeness (QED) is 0.611. The van der Waals surface area contributed by atoms with E-state index in [1.807, 2.05) is 0 Å². The Balaban J connectivity index is 1.88. The van der Waals surface area contributed by atoms with Gasteiger partial charge in [-0.15, -0.1) is 0 Å². The van der Waals surface area contributed by atoms with Crippen molar-refractivity contribution in [2.24, 2.45) is 5.41 Å². The van der Waals surface area contributed by atoms with Crippen molar-refractivity contribution in [3.63, 3.8) is 0 Å². The summed E-state index contributed by atoms with van der Waals surface area (Å²) in [6.07, 6.45) is 0. The lowest BCUT2D eigenvalue weighted by molar-refractivity contribution is -0.385. The highest BCUT2D eigenvalue weighted by Gasteiger charge is 2.32. The monoisotopic (exact) mass is 389 g/mol. The van der Waals surface area contributed by atoms with Crippen LogP contribution < -0.4 is 15.4 Å². The van der Waals surface area contributed by atoms with Gasteiger partial charge in [-0.2, -0.15) is 0 Å². The zero-order chi connectivity index (χ0) is 19.8. The molecule has 0 aliphatic carbocycles. The summed E-state index contributed by atoms with van der Waals surface area (Å²) in [5.41, 5.74) is -0.474. The third kappa shape index (κ3) is 3.85. The minimum atomic E-state index is -0.705. The van der Waals surface area contributed by atoms with Crippen LogP contribution in [0.25, 0.3) is 0 Å². The molecule has 0 aromatic heterocycles. The average molecular weight is 390 g/mol. The van der Waals surface area contributed by atoms with E-state index in [9.17, 15) is 19.7 Å². The van der Waals surface area contributed by atoms with Gasteiger partial charge in [0.05, 0.1) is 16.0 Å². The van der Waals surface area contributed by atoms with Crippen LogP contribution in [0.15, 0.2) is 36.4 Å². The summed E-state index contributed by atoms with van der Waals surface area (Å²) in [7, 11) is 0. The first-order valence-electron chi connectivity index (χ1n) is 8.01. The molecule has 2 amide bonds. The number of carbonyl (C=O) groups excluding carboxylic acids is 2. The number of ether oxygens (including phenoxy) is 1. The van der Waals surface area contributed by atoms with Gasteiger partial charge in [0, 0.05) is 16.8 Å². The lowest BCUT2D eigenvalue weighted by Gasteiger charge is -2.18. The second kappa shape index (κ2) is 6.88. The Morgan fingerprint density at radius 3 is 2.74 bits per heavy atom. The SMILES string of the molecule is CC1(C)COc2ccc(NC(=O)c3cc(Cl)ccc3[N+](=O)[O-])cc2NC1=O. The van der Waals surface area contributed by atoms with Crippen LogP contribution in [0.3, 0.4) is 0 Å². The van der Waals surface area contributed by atoms with Gasteiger partial charge in [-0.25, -0.2) is 0 Å². The lowest BCUT2D eigenvalue weighted by Crippen LogP contribution is -2.33. The van der Waals surface area contributed by atoms with Crippen molar-refractivity contribution < 1.29 is 19.2 Å². The molecule has 1 aliphatic heterocycles. The highest BCUT2D eigenvalue weighted by atomic mass is 35.5. The Hall–Kier alpha value is -3.13. The van der Waals surface area contributed by atoms with Crippen LogP contribution in [0.1, 0.15) is 24.2 Å². The van der Waals surface area contributed by atoms with E-state index in [1.165, 1.54) is 24.3 Å². The third-order valence-corrected chi connectivity index (χ3v) is 4.32. The number of nitro groups is 1. The summed E-state index contributed by atoms with van der Waals surface area (Å²) in [5, 5.41) is 16.7. The predicted octanol–water partition coefficient (Wildman–Crippen LogP) is 3.86. The Bertz CT molecular complexity index is 958. The molecule has 0 bridgehead atoms. The fourth-order valence-corrected chi connectivity index (χ4v) is 2.67. The summed E-state index contributed by atoms with van der Waals surface area (Å²) in [4.78, 5) is 35.2. The topological polar surface area (TPSA) is 111 Å². The molecule has 2 aromatic carbocycles. The lowest BCUT2D eigenvalue weighted by atomic mass is 9.94. The Morgan fingerprint density at radius 2 is 2.04 bits per heavy atom. The minimum absolute atomic E-state index is 0.163. The average Bonchev–Trinajstić information content (AvgIpc) is 2.70. The highest BCUT2D eigenvalue weighted by Crippen LogP contribution is 2.34. The Labute approximate surface area is 159 Å². The molecule has 27 heavy (non-hydrogen) atoms. The zero-order valence-corrected chi connectivity index (χ0v) is 15.3. The van der Waals surface area contributed by atoms with Crippen LogP contribution >= 0.6 is 11.6 Å². The number of nitrogens with one attached hydrogen (secondary N) is 2. The Kier molecular flexibility index (Phi) is 4.75. The molecule has 0 saturated heterocycles. The van der Waals surface area contributed by atoms with Gasteiger partial charge in [0.15, 0.2) is 0 Å². The van der Waals surface area contributed by atoms with Crippen LogP contribution in [-0.2, 0) is 4.79 Å². The molecule has 1 aliphatic rings. The summed E-state index contributed by atoms with van der Waals surface area (Å²) in [6.45, 7) is 3.73. The number of fused-ring (bicyclic) bond motifs is 1. The van der Waals surface area contributed by atoms with E-state index >= 15 is 0 Å². The maximum Gasteiger partial charge on any atom is 0.282 e. The highest BCUT2D eigenvalue weighted by molar-refractivity contribution is 6.31. The molecule has 0 unspecified atom stereocenters. The molecule has 0 radical (unpaired) electrons. The maximum atomic E-state index is 12.5. The third-order valence-electron chi connectivity index (χ3n) is 4.09. The molecular formula is C18H16ClN3O5. The number of hydrogen-bond acceptors (Lipinski definition) is 5. The van der Waals surface area contributed by atoms with E-state index in [2.05, 4.69) is 10.6 Å². The predicted molar refractivity (Wildman–Crippen MR) is 100 cm³/mol. The molecule has 9 heteroatoms. The van der Waals surface area contributed by atoms with Gasteiger partial charge in [0.2, 0.25) is 5.91 Å². The summed E-state index contributed by atoms with van der Waals surface area (Å²) < 4.78 is 5.64. The van der Waals surface area contributed by atoms with Crippen molar-refractivity contribution >= 4 is 40.5 Å². The number of nitro benzene ring substituents is 1. The molecule has 2 aromatic rings. The number of nitrogens with zero attached hydrogens (tertiary/aromatic N) is 1. The molecular weight excluding hydrogens is 374 g/mol. The van der Waals surface area contributed by atoms with Crippen molar-refractivity contribution in [2.75, 3.05) is 17.2 Å². The molecule has 0 atom stereocenters. The molecule has 0 spiro atoms. The standard InChI is InChI=1S/C18H16ClN3O5/c1-18(2)9-27-15-6-4-11(8-13(15)21-17(18)24)20-16(23)12-7-10(19)3-5-14(12)22(25)26/h3-8H,9H2,1-2H3,(H,20,23)(H,21,24). The van der Waals surface area contributed by atoms with Crippen molar-refractivity contribution in [3.8, 4) is 5.75 Å². The molecule has 140 valence electrons. The van der Waals surface area contributed by atoms with Gasteiger partial charge in [-0.1, -0.05) is 11.6 Å². The number of carbonyl (C=O) groups is 2. The van der Waals surface area contributed by atoms with Gasteiger partial charge in [0.25, 0.3) is 11.6 Å². The first-order valence-corrected chi connectivity index (χ1v) is 8.39. The van der Waals surface area contributed by atoms with Crippen LogP contribution in [0.4, 0.5) is 17.1 Å². The van der Waals surface area contributed by atoms with E-state index in [4.69, 9.17) is 16.3 Å². The number of hydrogen-bond donors (Lipinski definition) is 2. The van der Waals surface area contributed by atoms with Crippen LogP contribution in [-0.4, -0.2) is 23.3 Å². The fourth-order valence-electron chi connectivity index (χ4n) is 2.49. The molecule has 8 nitrogen and oxygen atoms in total. The van der Waals surface area contributed by atoms with Gasteiger partial charge in [-0.05, 0) is 44.2 Å². The number of rotatable bonds is 3. The number of anilines is 2. The van der Waals surface area contributed by atoms with Gasteiger partial charge < -0.3 is 15.4 Å². The van der Waals surface area contributed by atoms with E-state index < -0.39 is 16.2 Å². The normalized spacial score (nSPS) is 15.0. The number of benzene rings is 2. The van der Waals surface area contributed by atoms with Crippen molar-refractivity contribution in [1.29, 1.82) is 0 Å². The van der Waals surface area contributed by atoms with Gasteiger partial charge in [-0.3, -0.25) is 19.7 Å². The number of amides is 2. The molecule has 2 N–H and O–H groups in total. The smallest absolute Gasteiger partial charge is 0.282 e. The van der Waals surface area contributed by atoms with Crippen LogP contribution in [0, 0.1) is 15.5 Å². The molecule has 1 heterocycles. The summed E-state index contributed by atoms with van der Waals surface area (Å²) in [6, 6.07) is 8.46. The second-order valence-electron chi connectivity index (χ2n) is 6.71. The zero-order valence-electron chi connectivity index (χ0n) is 14.5. The van der Waals surface area contributed by atoms with E-state index in [-0.39, 0.29) is 28.8 Å². The van der Waals surface area contributed by atoms with Crippen molar-refractivity contribution in [2.45, 2.75) is 13.8 Å². The van der Waals surface area contributed by atoms with E-state index in [0.29, 0.717) is 17.1 Å². The van der Waals surface area contributed by atoms with E-state index in [0.717, 1.165) is 0 Å². The van der Waals surface area contributed by atoms with Gasteiger partial charge >= 0.3 is 0 Å². The maximum absolute atomic E-state index is 12.5. The van der Waals surface area contributed by atoms with E-state index in [1.54, 1.807) is 26.0 Å². The fraction of sp³-hybridized carbons (Fsp3) is 0.222. The van der Waals surface area contributed by atoms with Crippen molar-refractivity contribution in [1.82, 2.24) is 0 Å². The van der Waals surface area contributed by atoms with Gasteiger partial charge in [0.1, 0.15) is 17.9 Å². The molecule has 3 rings (SSSR count). The van der Waals surface area contributed by atoms with Crippen LogP contribution in [0.5, 0.6) is 5.75 Å². The molecule has 0 fully saturated rings. The number of halogens is 1. The summed E-state index contributed by atoms with van der Waals surface area (Å²) >= 11 is 5.86. The first-order chi connectivity index (χ1) is 12.7. The first kappa shape index (κ1) is 18.7. The second-order valence-corrected chi connectivity index (χ2v) is 7.15.